The monoisotopic (exact) mass is 536 g/mol. The van der Waals surface area contributed by atoms with E-state index in [0.717, 1.165) is 83.9 Å². The van der Waals surface area contributed by atoms with E-state index >= 15 is 0 Å². The van der Waals surface area contributed by atoms with Crippen LogP contribution in [0.25, 0.3) is 27.6 Å². The van der Waals surface area contributed by atoms with Crippen molar-refractivity contribution in [3.8, 4) is 11.1 Å². The number of allylic oxidation sites excluding steroid dienone is 1. The fourth-order valence-electron chi connectivity index (χ4n) is 5.70. The van der Waals surface area contributed by atoms with Crippen LogP contribution in [0.4, 0.5) is 5.69 Å². The first-order valence-electron chi connectivity index (χ1n) is 13.1. The third-order valence-corrected chi connectivity index (χ3v) is 8.21. The SMILES string of the molecule is C=C(C)c1cnc2ccc(-c3cc(Cl)cc(Cl)c3)cc2c1NC1CCC(NC(=O)C2CCCN2C)CC1. The van der Waals surface area contributed by atoms with Gasteiger partial charge in [0.1, 0.15) is 0 Å². The van der Waals surface area contributed by atoms with Gasteiger partial charge in [0.25, 0.3) is 0 Å². The first-order chi connectivity index (χ1) is 17.8. The van der Waals surface area contributed by atoms with Crippen molar-refractivity contribution in [3.05, 3.63) is 64.8 Å². The Balaban J connectivity index is 1.36. The van der Waals surface area contributed by atoms with Crippen molar-refractivity contribution in [1.82, 2.24) is 15.2 Å². The number of nitrogens with one attached hydrogen (secondary N) is 2. The highest BCUT2D eigenvalue weighted by atomic mass is 35.5. The minimum atomic E-state index is 0.0285. The molecule has 1 amide bonds. The van der Waals surface area contributed by atoms with Gasteiger partial charge in [0.05, 0.1) is 17.2 Å². The second-order valence-corrected chi connectivity index (χ2v) is 11.4. The first-order valence-corrected chi connectivity index (χ1v) is 13.9. The highest BCUT2D eigenvalue weighted by Gasteiger charge is 2.30. The molecule has 1 aliphatic heterocycles. The number of nitrogens with zero attached hydrogens (tertiary/aromatic N) is 2. The van der Waals surface area contributed by atoms with E-state index in [1.165, 1.54) is 0 Å². The molecule has 1 saturated heterocycles. The number of aromatic nitrogens is 1. The van der Waals surface area contributed by atoms with Crippen molar-refractivity contribution in [3.63, 3.8) is 0 Å². The summed E-state index contributed by atoms with van der Waals surface area (Å²) in [7, 11) is 2.04. The van der Waals surface area contributed by atoms with Crippen molar-refractivity contribution in [1.29, 1.82) is 0 Å². The average molecular weight is 538 g/mol. The minimum absolute atomic E-state index is 0.0285. The van der Waals surface area contributed by atoms with Gasteiger partial charge >= 0.3 is 0 Å². The minimum Gasteiger partial charge on any atom is -0.381 e. The van der Waals surface area contributed by atoms with Gasteiger partial charge in [-0.3, -0.25) is 14.7 Å². The molecule has 2 N–H and O–H groups in total. The molecule has 194 valence electrons. The number of pyridine rings is 1. The predicted octanol–water partition coefficient (Wildman–Crippen LogP) is 7.18. The van der Waals surface area contributed by atoms with Crippen LogP contribution in [0.15, 0.2) is 49.2 Å². The van der Waals surface area contributed by atoms with Gasteiger partial charge in [-0.15, -0.1) is 0 Å². The maximum absolute atomic E-state index is 12.8. The molecule has 1 aliphatic carbocycles. The van der Waals surface area contributed by atoms with Crippen LogP contribution in [-0.2, 0) is 4.79 Å². The van der Waals surface area contributed by atoms with Crippen LogP contribution >= 0.6 is 23.2 Å². The van der Waals surface area contributed by atoms with Crippen molar-refractivity contribution >= 4 is 51.3 Å². The van der Waals surface area contributed by atoms with Gasteiger partial charge in [-0.1, -0.05) is 35.8 Å². The molecule has 37 heavy (non-hydrogen) atoms. The van der Waals surface area contributed by atoms with Crippen molar-refractivity contribution < 1.29 is 4.79 Å². The van der Waals surface area contributed by atoms with Crippen LogP contribution in [0.1, 0.15) is 51.0 Å². The second kappa shape index (κ2) is 11.0. The molecule has 2 fully saturated rings. The first kappa shape index (κ1) is 26.0. The fraction of sp³-hybridized carbons (Fsp3) is 0.400. The standard InChI is InChI=1S/C30H34Cl2N4O/c1-18(2)26-17-33-27-11-6-19(20-13-21(31)16-22(32)14-20)15-25(27)29(26)34-23-7-9-24(10-8-23)35-30(37)28-5-4-12-36(28)3/h6,11,13-17,23-24,28H,1,4-5,7-10,12H2,2-3H3,(H,33,34)(H,35,37). The molecule has 5 rings (SSSR count). The molecule has 2 aliphatic rings. The summed E-state index contributed by atoms with van der Waals surface area (Å²) in [6.45, 7) is 7.23. The molecule has 1 saturated carbocycles. The number of rotatable bonds is 6. The average Bonchev–Trinajstić information content (AvgIpc) is 3.30. The molecule has 2 heterocycles. The van der Waals surface area contributed by atoms with E-state index in [2.05, 4.69) is 34.2 Å². The highest BCUT2D eigenvalue weighted by Crippen LogP contribution is 2.36. The van der Waals surface area contributed by atoms with Gasteiger partial charge in [-0.05, 0) is 106 Å². The van der Waals surface area contributed by atoms with E-state index in [1.807, 2.05) is 38.4 Å². The molecule has 1 atom stereocenters. The lowest BCUT2D eigenvalue weighted by Crippen LogP contribution is -2.47. The molecule has 0 spiro atoms. The number of anilines is 1. The van der Waals surface area contributed by atoms with Crippen LogP contribution in [0, 0.1) is 0 Å². The van der Waals surface area contributed by atoms with Gasteiger partial charge in [-0.2, -0.15) is 0 Å². The lowest BCUT2D eigenvalue weighted by molar-refractivity contribution is -0.126. The predicted molar refractivity (Wildman–Crippen MR) is 155 cm³/mol. The van der Waals surface area contributed by atoms with E-state index in [4.69, 9.17) is 28.2 Å². The smallest absolute Gasteiger partial charge is 0.237 e. The highest BCUT2D eigenvalue weighted by molar-refractivity contribution is 6.35. The number of hydrogen-bond donors (Lipinski definition) is 2. The lowest BCUT2D eigenvalue weighted by Gasteiger charge is -2.32. The van der Waals surface area contributed by atoms with Gasteiger partial charge in [0.2, 0.25) is 5.91 Å². The van der Waals surface area contributed by atoms with Crippen LogP contribution in [0.3, 0.4) is 0 Å². The Morgan fingerprint density at radius 3 is 2.35 bits per heavy atom. The molecule has 0 radical (unpaired) electrons. The number of carbonyl (C=O) groups excluding carboxylic acids is 1. The molecule has 7 heteroatoms. The van der Waals surface area contributed by atoms with E-state index < -0.39 is 0 Å². The summed E-state index contributed by atoms with van der Waals surface area (Å²) < 4.78 is 0. The number of carbonyl (C=O) groups is 1. The molecular weight excluding hydrogens is 503 g/mol. The van der Waals surface area contributed by atoms with Gasteiger partial charge in [-0.25, -0.2) is 0 Å². The second-order valence-electron chi connectivity index (χ2n) is 10.6. The Hall–Kier alpha value is -2.60. The third-order valence-electron chi connectivity index (χ3n) is 7.77. The van der Waals surface area contributed by atoms with Crippen LogP contribution in [0.2, 0.25) is 10.0 Å². The number of halogens is 2. The molecular formula is C30H34Cl2N4O. The number of hydrogen-bond acceptors (Lipinski definition) is 4. The molecule has 2 aromatic carbocycles. The zero-order valence-electron chi connectivity index (χ0n) is 21.5. The summed E-state index contributed by atoms with van der Waals surface area (Å²) in [6, 6.07) is 12.4. The summed E-state index contributed by atoms with van der Waals surface area (Å²) in [5.74, 6) is 0.190. The molecule has 3 aromatic rings. The summed E-state index contributed by atoms with van der Waals surface area (Å²) in [6.07, 6.45) is 7.90. The Morgan fingerprint density at radius 1 is 1.00 bits per heavy atom. The number of likely N-dealkylation sites (N-methyl/N-ethyl adjacent to an activating group) is 1. The zero-order valence-corrected chi connectivity index (χ0v) is 23.0. The molecule has 5 nitrogen and oxygen atoms in total. The lowest BCUT2D eigenvalue weighted by atomic mass is 9.90. The number of fused-ring (bicyclic) bond motifs is 1. The molecule has 0 bridgehead atoms. The normalized spacial score (nSPS) is 22.2. The van der Waals surface area contributed by atoms with Crippen LogP contribution < -0.4 is 10.6 Å². The summed E-state index contributed by atoms with van der Waals surface area (Å²) in [5, 5.41) is 9.42. The zero-order chi connectivity index (χ0) is 26.1. The number of likely N-dealkylation sites (tertiary alicyclic amines) is 1. The largest absolute Gasteiger partial charge is 0.381 e. The van der Waals surface area contributed by atoms with Crippen molar-refractivity contribution in [2.24, 2.45) is 0 Å². The van der Waals surface area contributed by atoms with E-state index in [-0.39, 0.29) is 18.0 Å². The van der Waals surface area contributed by atoms with Gasteiger partial charge < -0.3 is 10.6 Å². The summed E-state index contributed by atoms with van der Waals surface area (Å²) in [4.78, 5) is 19.6. The van der Waals surface area contributed by atoms with Gasteiger partial charge in [0, 0.05) is 39.3 Å². The quantitative estimate of drug-likeness (QED) is 0.350. The van der Waals surface area contributed by atoms with E-state index in [0.29, 0.717) is 16.1 Å². The third kappa shape index (κ3) is 5.79. The Kier molecular flexibility index (Phi) is 7.75. The Morgan fingerprint density at radius 2 is 1.70 bits per heavy atom. The fourth-order valence-corrected chi connectivity index (χ4v) is 6.22. The van der Waals surface area contributed by atoms with Crippen molar-refractivity contribution in [2.45, 2.75) is 63.6 Å². The van der Waals surface area contributed by atoms with E-state index in [1.54, 1.807) is 6.07 Å². The van der Waals surface area contributed by atoms with Gasteiger partial charge in [0.15, 0.2) is 0 Å². The van der Waals surface area contributed by atoms with Crippen LogP contribution in [-0.4, -0.2) is 47.5 Å². The topological polar surface area (TPSA) is 57.3 Å². The Labute approximate surface area is 229 Å². The Bertz CT molecular complexity index is 1310. The summed E-state index contributed by atoms with van der Waals surface area (Å²) >= 11 is 12.6. The number of amides is 1. The molecule has 1 aromatic heterocycles. The van der Waals surface area contributed by atoms with Crippen molar-refractivity contribution in [2.75, 3.05) is 18.9 Å². The number of benzene rings is 2. The summed E-state index contributed by atoms with van der Waals surface area (Å²) in [5.41, 5.74) is 5.97. The van der Waals surface area contributed by atoms with Crippen LogP contribution in [0.5, 0.6) is 0 Å². The molecule has 1 unspecified atom stereocenters. The maximum atomic E-state index is 12.8. The maximum Gasteiger partial charge on any atom is 0.237 e. The van der Waals surface area contributed by atoms with E-state index in [9.17, 15) is 4.79 Å².